The van der Waals surface area contributed by atoms with Gasteiger partial charge in [-0.15, -0.1) is 0 Å². The molecule has 1 aliphatic rings. The summed E-state index contributed by atoms with van der Waals surface area (Å²) >= 11 is 0. The van der Waals surface area contributed by atoms with Crippen LogP contribution in [0, 0.1) is 11.8 Å². The Balaban J connectivity index is 1.98. The Morgan fingerprint density at radius 3 is 2.36 bits per heavy atom. The van der Waals surface area contributed by atoms with Gasteiger partial charge in [0, 0.05) is 5.69 Å². The van der Waals surface area contributed by atoms with E-state index in [1.54, 1.807) is 0 Å². The number of rotatable bonds is 6. The van der Waals surface area contributed by atoms with Crippen molar-refractivity contribution in [1.29, 1.82) is 0 Å². The number of hydrogen-bond acceptors (Lipinski definition) is 2. The van der Waals surface area contributed by atoms with Crippen molar-refractivity contribution < 1.29 is 14.7 Å². The number of anilines is 1. The summed E-state index contributed by atoms with van der Waals surface area (Å²) in [6.07, 6.45) is 7.98. The molecule has 4 nitrogen and oxygen atoms in total. The molecule has 0 unspecified atom stereocenters. The zero-order valence-corrected chi connectivity index (χ0v) is 12.9. The highest BCUT2D eigenvalue weighted by molar-refractivity contribution is 5.95. The van der Waals surface area contributed by atoms with Crippen molar-refractivity contribution in [3.63, 3.8) is 0 Å². The number of hydrogen-bond donors (Lipinski definition) is 2. The number of unbranched alkanes of at least 4 members (excludes halogenated alkanes) is 1. The van der Waals surface area contributed by atoms with Crippen LogP contribution in [0.4, 0.5) is 5.69 Å². The summed E-state index contributed by atoms with van der Waals surface area (Å²) in [6, 6.07) is 7.80. The van der Waals surface area contributed by atoms with E-state index in [2.05, 4.69) is 12.2 Å². The van der Waals surface area contributed by atoms with E-state index in [9.17, 15) is 14.7 Å². The summed E-state index contributed by atoms with van der Waals surface area (Å²) in [7, 11) is 0. The molecule has 118 valence electrons. The van der Waals surface area contributed by atoms with Crippen LogP contribution in [0.15, 0.2) is 36.4 Å². The first-order valence-corrected chi connectivity index (χ1v) is 7.89. The molecule has 2 atom stereocenters. The maximum Gasteiger partial charge on any atom is 0.307 e. The lowest BCUT2D eigenvalue weighted by atomic mass is 9.82. The van der Waals surface area contributed by atoms with Gasteiger partial charge < -0.3 is 10.4 Å². The number of nitrogens with one attached hydrogen (secondary N) is 1. The molecule has 0 fully saturated rings. The molecule has 0 radical (unpaired) electrons. The summed E-state index contributed by atoms with van der Waals surface area (Å²) in [4.78, 5) is 23.6. The van der Waals surface area contributed by atoms with Crippen LogP contribution in [-0.2, 0) is 16.0 Å². The molecule has 1 aromatic carbocycles. The van der Waals surface area contributed by atoms with Crippen LogP contribution < -0.4 is 5.32 Å². The Labute approximate surface area is 131 Å². The number of amides is 1. The molecule has 0 bridgehead atoms. The van der Waals surface area contributed by atoms with Gasteiger partial charge in [-0.05, 0) is 43.4 Å². The molecule has 0 aliphatic heterocycles. The van der Waals surface area contributed by atoms with Crippen LogP contribution in [0.5, 0.6) is 0 Å². The average Bonchev–Trinajstić information content (AvgIpc) is 2.54. The summed E-state index contributed by atoms with van der Waals surface area (Å²) < 4.78 is 0. The second-order valence-electron chi connectivity index (χ2n) is 5.78. The first kappa shape index (κ1) is 16.3. The van der Waals surface area contributed by atoms with Gasteiger partial charge in [0.25, 0.3) is 0 Å². The number of benzene rings is 1. The van der Waals surface area contributed by atoms with E-state index in [4.69, 9.17) is 0 Å². The summed E-state index contributed by atoms with van der Waals surface area (Å²) in [5.74, 6) is -2.24. The monoisotopic (exact) mass is 301 g/mol. The Morgan fingerprint density at radius 1 is 1.14 bits per heavy atom. The number of carbonyl (C=O) groups excluding carboxylic acids is 1. The van der Waals surface area contributed by atoms with Gasteiger partial charge in [0.1, 0.15) is 0 Å². The highest BCUT2D eigenvalue weighted by Gasteiger charge is 2.33. The average molecular weight is 301 g/mol. The highest BCUT2D eigenvalue weighted by atomic mass is 16.4. The predicted octanol–water partition coefficient (Wildman–Crippen LogP) is 3.63. The molecule has 1 aliphatic carbocycles. The van der Waals surface area contributed by atoms with Crippen LogP contribution in [0.2, 0.25) is 0 Å². The molecule has 22 heavy (non-hydrogen) atoms. The molecule has 0 spiro atoms. The first-order chi connectivity index (χ1) is 10.6. The minimum atomic E-state index is -0.903. The van der Waals surface area contributed by atoms with Crippen molar-refractivity contribution in [3.8, 4) is 0 Å². The standard InChI is InChI=1S/C18H23NO3/c1-2-3-6-13-9-11-14(12-10-13)19-17(20)15-7-4-5-8-16(15)18(21)22/h4-5,9-12,15-16H,2-3,6-8H2,1H3,(H,19,20)(H,21,22)/t15-,16+/m1/s1. The molecular weight excluding hydrogens is 278 g/mol. The normalized spacial score (nSPS) is 20.6. The molecule has 0 saturated carbocycles. The van der Waals surface area contributed by atoms with Crippen LogP contribution in [0.3, 0.4) is 0 Å². The van der Waals surface area contributed by atoms with Crippen molar-refractivity contribution >= 4 is 17.6 Å². The van der Waals surface area contributed by atoms with Gasteiger partial charge >= 0.3 is 5.97 Å². The minimum Gasteiger partial charge on any atom is -0.481 e. The van der Waals surface area contributed by atoms with Crippen LogP contribution in [0.1, 0.15) is 38.2 Å². The Bertz CT molecular complexity index is 548. The summed E-state index contributed by atoms with van der Waals surface area (Å²) in [5.41, 5.74) is 1.98. The smallest absolute Gasteiger partial charge is 0.307 e. The molecule has 0 aromatic heterocycles. The largest absolute Gasteiger partial charge is 0.481 e. The molecule has 4 heteroatoms. The zero-order chi connectivity index (χ0) is 15.9. The molecule has 1 amide bonds. The van der Waals surface area contributed by atoms with Crippen molar-refractivity contribution in [2.75, 3.05) is 5.32 Å². The fourth-order valence-corrected chi connectivity index (χ4v) is 2.75. The van der Waals surface area contributed by atoms with Gasteiger partial charge in [-0.2, -0.15) is 0 Å². The van der Waals surface area contributed by atoms with Gasteiger partial charge in [0.15, 0.2) is 0 Å². The maximum atomic E-state index is 12.3. The molecule has 1 aromatic rings. The third kappa shape index (κ3) is 4.20. The maximum absolute atomic E-state index is 12.3. The molecule has 0 saturated heterocycles. The molecule has 0 heterocycles. The molecule has 2 rings (SSSR count). The second kappa shape index (κ2) is 7.78. The Kier molecular flexibility index (Phi) is 5.75. The van der Waals surface area contributed by atoms with E-state index in [1.165, 1.54) is 5.56 Å². The predicted molar refractivity (Wildman–Crippen MR) is 86.7 cm³/mol. The molecule has 2 N–H and O–H groups in total. The lowest BCUT2D eigenvalue weighted by molar-refractivity contribution is -0.146. The van der Waals surface area contributed by atoms with Gasteiger partial charge in [0.05, 0.1) is 11.8 Å². The number of aliphatic carboxylic acids is 1. The van der Waals surface area contributed by atoms with Crippen molar-refractivity contribution in [2.45, 2.75) is 39.0 Å². The Hall–Kier alpha value is -2.10. The summed E-state index contributed by atoms with van der Waals surface area (Å²) in [6.45, 7) is 2.16. The van der Waals surface area contributed by atoms with E-state index >= 15 is 0 Å². The first-order valence-electron chi connectivity index (χ1n) is 7.89. The highest BCUT2D eigenvalue weighted by Crippen LogP contribution is 2.27. The van der Waals surface area contributed by atoms with E-state index in [1.807, 2.05) is 36.4 Å². The van der Waals surface area contributed by atoms with Gasteiger partial charge in [-0.25, -0.2) is 0 Å². The van der Waals surface area contributed by atoms with E-state index in [-0.39, 0.29) is 5.91 Å². The minimum absolute atomic E-state index is 0.210. The zero-order valence-electron chi connectivity index (χ0n) is 12.9. The fraction of sp³-hybridized carbons (Fsp3) is 0.444. The van der Waals surface area contributed by atoms with Crippen LogP contribution in [0.25, 0.3) is 0 Å². The van der Waals surface area contributed by atoms with Gasteiger partial charge in [0.2, 0.25) is 5.91 Å². The van der Waals surface area contributed by atoms with Crippen molar-refractivity contribution in [2.24, 2.45) is 11.8 Å². The quantitative estimate of drug-likeness (QED) is 0.788. The lowest BCUT2D eigenvalue weighted by Crippen LogP contribution is -2.34. The van der Waals surface area contributed by atoms with E-state index in [0.29, 0.717) is 12.8 Å². The van der Waals surface area contributed by atoms with Crippen molar-refractivity contribution in [3.05, 3.63) is 42.0 Å². The van der Waals surface area contributed by atoms with Crippen LogP contribution in [-0.4, -0.2) is 17.0 Å². The Morgan fingerprint density at radius 2 is 1.77 bits per heavy atom. The fourth-order valence-electron chi connectivity index (χ4n) is 2.75. The third-order valence-corrected chi connectivity index (χ3v) is 4.13. The van der Waals surface area contributed by atoms with Gasteiger partial charge in [-0.3, -0.25) is 9.59 Å². The number of carboxylic acid groups (broad SMARTS) is 1. The van der Waals surface area contributed by atoms with Gasteiger partial charge in [-0.1, -0.05) is 37.6 Å². The number of carboxylic acids is 1. The second-order valence-corrected chi connectivity index (χ2v) is 5.78. The SMILES string of the molecule is CCCCc1ccc(NC(=O)[C@@H]2CC=CC[C@@H]2C(=O)O)cc1. The topological polar surface area (TPSA) is 66.4 Å². The van der Waals surface area contributed by atoms with E-state index < -0.39 is 17.8 Å². The molecular formula is C18H23NO3. The number of carbonyl (C=O) groups is 2. The van der Waals surface area contributed by atoms with Crippen molar-refractivity contribution in [1.82, 2.24) is 0 Å². The third-order valence-electron chi connectivity index (χ3n) is 4.13. The van der Waals surface area contributed by atoms with E-state index in [0.717, 1.165) is 24.9 Å². The summed E-state index contributed by atoms with van der Waals surface area (Å²) in [5, 5.41) is 12.1. The van der Waals surface area contributed by atoms with Crippen LogP contribution >= 0.6 is 0 Å². The lowest BCUT2D eigenvalue weighted by Gasteiger charge is -2.24. The number of allylic oxidation sites excluding steroid dienone is 2. The number of aryl methyl sites for hydroxylation is 1.